The first kappa shape index (κ1) is 27.4. The van der Waals surface area contributed by atoms with E-state index in [0.717, 1.165) is 5.56 Å². The van der Waals surface area contributed by atoms with Crippen molar-refractivity contribution in [3.63, 3.8) is 0 Å². The molecule has 1 unspecified atom stereocenters. The summed E-state index contributed by atoms with van der Waals surface area (Å²) in [6.45, 7) is 3.87. The first-order valence-electron chi connectivity index (χ1n) is 11.5. The quantitative estimate of drug-likeness (QED) is 0.272. The molecule has 1 atom stereocenters. The van der Waals surface area contributed by atoms with Gasteiger partial charge >= 0.3 is 0 Å². The van der Waals surface area contributed by atoms with Crippen LogP contribution in [0.25, 0.3) is 0 Å². The van der Waals surface area contributed by atoms with Gasteiger partial charge in [-0.2, -0.15) is 10.4 Å². The maximum absolute atomic E-state index is 12.7. The number of hydrazone groups is 1. The van der Waals surface area contributed by atoms with Gasteiger partial charge in [0.1, 0.15) is 12.6 Å². The summed E-state index contributed by atoms with van der Waals surface area (Å²) in [4.78, 5) is 25.2. The standard InChI is InChI=1S/C28H27BrN4O4/c1-18(2)25(32-27(34)20-9-5-4-6-10-20)28(35)33-31-16-19-13-23(29)26(24(14-19)36-3)37-17-22-12-8-7-11-21(22)15-30/h4-14,16,18,25H,17H2,1-3H3,(H,32,34)(H,33,35). The number of hydrogen-bond donors (Lipinski definition) is 2. The Hall–Kier alpha value is -4.16. The van der Waals surface area contributed by atoms with Crippen LogP contribution in [0.3, 0.4) is 0 Å². The van der Waals surface area contributed by atoms with Crippen molar-refractivity contribution in [2.45, 2.75) is 26.5 Å². The summed E-state index contributed by atoms with van der Waals surface area (Å²) in [6, 6.07) is 20.8. The fourth-order valence-electron chi connectivity index (χ4n) is 3.45. The van der Waals surface area contributed by atoms with E-state index in [4.69, 9.17) is 9.47 Å². The Morgan fingerprint density at radius 2 is 1.81 bits per heavy atom. The van der Waals surface area contributed by atoms with Gasteiger partial charge in [0.25, 0.3) is 11.8 Å². The molecular formula is C28H27BrN4O4. The maximum Gasteiger partial charge on any atom is 0.262 e. The number of nitrogens with one attached hydrogen (secondary N) is 2. The van der Waals surface area contributed by atoms with Crippen molar-refractivity contribution in [1.82, 2.24) is 10.7 Å². The molecule has 0 aliphatic rings. The molecule has 190 valence electrons. The molecule has 0 bridgehead atoms. The molecule has 2 amide bonds. The van der Waals surface area contributed by atoms with Gasteiger partial charge in [-0.05, 0) is 57.7 Å². The van der Waals surface area contributed by atoms with Crippen LogP contribution in [-0.4, -0.2) is 31.2 Å². The number of halogens is 1. The summed E-state index contributed by atoms with van der Waals surface area (Å²) in [5.41, 5.74) is 4.91. The molecule has 37 heavy (non-hydrogen) atoms. The Bertz CT molecular complexity index is 1320. The van der Waals surface area contributed by atoms with Crippen molar-refractivity contribution in [1.29, 1.82) is 5.26 Å². The van der Waals surface area contributed by atoms with E-state index in [1.54, 1.807) is 48.5 Å². The number of amides is 2. The molecule has 0 aromatic heterocycles. The summed E-state index contributed by atoms with van der Waals surface area (Å²) in [5.74, 6) is 0.00384. The van der Waals surface area contributed by atoms with Crippen LogP contribution in [0, 0.1) is 17.2 Å². The second kappa shape index (κ2) is 13.2. The molecule has 0 heterocycles. The van der Waals surface area contributed by atoms with E-state index in [9.17, 15) is 14.9 Å². The summed E-state index contributed by atoms with van der Waals surface area (Å²) in [7, 11) is 1.52. The van der Waals surface area contributed by atoms with Gasteiger partial charge in [0.2, 0.25) is 0 Å². The fourth-order valence-corrected chi connectivity index (χ4v) is 4.02. The van der Waals surface area contributed by atoms with Crippen LogP contribution in [0.1, 0.15) is 40.9 Å². The van der Waals surface area contributed by atoms with Crippen LogP contribution in [0.5, 0.6) is 11.5 Å². The van der Waals surface area contributed by atoms with E-state index in [1.165, 1.54) is 13.3 Å². The van der Waals surface area contributed by atoms with Gasteiger partial charge in [0.15, 0.2) is 11.5 Å². The molecule has 3 rings (SSSR count). The molecule has 3 aromatic carbocycles. The third kappa shape index (κ3) is 7.41. The van der Waals surface area contributed by atoms with Gasteiger partial charge in [-0.1, -0.05) is 50.2 Å². The number of rotatable bonds is 10. The van der Waals surface area contributed by atoms with Gasteiger partial charge in [-0.3, -0.25) is 9.59 Å². The van der Waals surface area contributed by atoms with E-state index in [2.05, 4.69) is 37.8 Å². The minimum Gasteiger partial charge on any atom is -0.493 e. The zero-order chi connectivity index (χ0) is 26.8. The first-order valence-corrected chi connectivity index (χ1v) is 12.3. The first-order chi connectivity index (χ1) is 17.8. The molecule has 8 nitrogen and oxygen atoms in total. The van der Waals surface area contributed by atoms with Crippen LogP contribution in [0.4, 0.5) is 0 Å². The zero-order valence-corrected chi connectivity index (χ0v) is 22.3. The highest BCUT2D eigenvalue weighted by Gasteiger charge is 2.24. The number of benzene rings is 3. The lowest BCUT2D eigenvalue weighted by atomic mass is 10.0. The van der Waals surface area contributed by atoms with E-state index in [0.29, 0.717) is 32.7 Å². The highest BCUT2D eigenvalue weighted by molar-refractivity contribution is 9.10. The van der Waals surface area contributed by atoms with Crippen LogP contribution >= 0.6 is 15.9 Å². The van der Waals surface area contributed by atoms with E-state index in [-0.39, 0.29) is 18.4 Å². The third-order valence-corrected chi connectivity index (χ3v) is 6.01. The lowest BCUT2D eigenvalue weighted by Crippen LogP contribution is -2.48. The molecule has 0 spiro atoms. The Morgan fingerprint density at radius 1 is 1.11 bits per heavy atom. The molecule has 2 N–H and O–H groups in total. The highest BCUT2D eigenvalue weighted by Crippen LogP contribution is 2.37. The van der Waals surface area contributed by atoms with E-state index >= 15 is 0 Å². The van der Waals surface area contributed by atoms with Crippen molar-refractivity contribution in [2.75, 3.05) is 7.11 Å². The van der Waals surface area contributed by atoms with E-state index in [1.807, 2.05) is 32.0 Å². The molecule has 9 heteroatoms. The van der Waals surface area contributed by atoms with Gasteiger partial charge in [0, 0.05) is 11.1 Å². The average molecular weight is 563 g/mol. The van der Waals surface area contributed by atoms with Crippen molar-refractivity contribution < 1.29 is 19.1 Å². The van der Waals surface area contributed by atoms with Crippen LogP contribution in [-0.2, 0) is 11.4 Å². The topological polar surface area (TPSA) is 113 Å². The van der Waals surface area contributed by atoms with Gasteiger partial charge in [-0.15, -0.1) is 0 Å². The van der Waals surface area contributed by atoms with Crippen molar-refractivity contribution in [3.05, 3.63) is 93.5 Å². The summed E-state index contributed by atoms with van der Waals surface area (Å²) in [6.07, 6.45) is 1.47. The number of methoxy groups -OCH3 is 1. The minimum atomic E-state index is -0.766. The average Bonchev–Trinajstić information content (AvgIpc) is 2.91. The van der Waals surface area contributed by atoms with Gasteiger partial charge < -0.3 is 14.8 Å². The lowest BCUT2D eigenvalue weighted by molar-refractivity contribution is -0.123. The summed E-state index contributed by atoms with van der Waals surface area (Å²) < 4.78 is 12.0. The van der Waals surface area contributed by atoms with Crippen molar-refractivity contribution in [2.24, 2.45) is 11.0 Å². The second-order valence-electron chi connectivity index (χ2n) is 8.39. The number of nitriles is 1. The predicted octanol–water partition coefficient (Wildman–Crippen LogP) is 4.81. The molecule has 0 saturated heterocycles. The highest BCUT2D eigenvalue weighted by atomic mass is 79.9. The van der Waals surface area contributed by atoms with Crippen molar-refractivity contribution in [3.8, 4) is 17.6 Å². The van der Waals surface area contributed by atoms with Crippen LogP contribution in [0.15, 0.2) is 76.3 Å². The summed E-state index contributed by atoms with van der Waals surface area (Å²) in [5, 5.41) is 16.1. The number of hydrogen-bond acceptors (Lipinski definition) is 6. The van der Waals surface area contributed by atoms with Gasteiger partial charge in [-0.25, -0.2) is 5.43 Å². The lowest BCUT2D eigenvalue weighted by Gasteiger charge is -2.20. The summed E-state index contributed by atoms with van der Waals surface area (Å²) >= 11 is 3.49. The van der Waals surface area contributed by atoms with Crippen LogP contribution < -0.4 is 20.2 Å². The number of carbonyl (C=O) groups is 2. The molecule has 0 saturated carbocycles. The molecule has 0 radical (unpaired) electrons. The zero-order valence-electron chi connectivity index (χ0n) is 20.7. The Kier molecular flexibility index (Phi) is 9.81. The Labute approximate surface area is 224 Å². The molecule has 0 fully saturated rings. The maximum atomic E-state index is 12.7. The minimum absolute atomic E-state index is 0.153. The van der Waals surface area contributed by atoms with E-state index < -0.39 is 11.9 Å². The largest absolute Gasteiger partial charge is 0.493 e. The third-order valence-electron chi connectivity index (χ3n) is 5.42. The normalized spacial score (nSPS) is 11.6. The second-order valence-corrected chi connectivity index (χ2v) is 9.24. The number of ether oxygens (including phenoxy) is 2. The fraction of sp³-hybridized carbons (Fsp3) is 0.214. The van der Waals surface area contributed by atoms with Crippen LogP contribution in [0.2, 0.25) is 0 Å². The molecular weight excluding hydrogens is 536 g/mol. The smallest absolute Gasteiger partial charge is 0.262 e. The number of carbonyl (C=O) groups excluding carboxylic acids is 2. The SMILES string of the molecule is COc1cc(C=NNC(=O)C(NC(=O)c2ccccc2)C(C)C)cc(Br)c1OCc1ccccc1C#N. The Balaban J connectivity index is 1.67. The molecule has 3 aromatic rings. The molecule has 0 aliphatic carbocycles. The van der Waals surface area contributed by atoms with Gasteiger partial charge in [0.05, 0.1) is 29.4 Å². The predicted molar refractivity (Wildman–Crippen MR) is 144 cm³/mol. The molecule has 0 aliphatic heterocycles. The van der Waals surface area contributed by atoms with Crippen molar-refractivity contribution >= 4 is 34.0 Å². The monoisotopic (exact) mass is 562 g/mol. The Morgan fingerprint density at radius 3 is 2.49 bits per heavy atom. The number of nitrogens with zero attached hydrogens (tertiary/aromatic N) is 2.